The van der Waals surface area contributed by atoms with Crippen LogP contribution in [-0.4, -0.2) is 10.3 Å². The van der Waals surface area contributed by atoms with Crippen molar-refractivity contribution in [3.8, 4) is 0 Å². The Morgan fingerprint density at radius 3 is 1.71 bits per heavy atom. The third-order valence-corrected chi connectivity index (χ3v) is 6.08. The van der Waals surface area contributed by atoms with E-state index in [1.807, 2.05) is 0 Å². The number of benzene rings is 1. The van der Waals surface area contributed by atoms with Crippen molar-refractivity contribution in [2.45, 2.75) is 58.8 Å². The molecule has 1 rings (SSSR count). The van der Waals surface area contributed by atoms with Crippen LogP contribution >= 0.6 is 7.92 Å². The smallest absolute Gasteiger partial charge is 0 e. The molecule has 0 fully saturated rings. The summed E-state index contributed by atoms with van der Waals surface area (Å²) < 4.78 is 0. The normalized spacial score (nSPS) is 12.5. The van der Waals surface area contributed by atoms with Gasteiger partial charge in [0, 0.05) is 20.4 Å². The van der Waals surface area contributed by atoms with Crippen molar-refractivity contribution in [3.05, 3.63) is 29.8 Å². The van der Waals surface area contributed by atoms with Gasteiger partial charge in [-0.15, -0.1) is 0 Å². The maximum absolute atomic E-state index is 2.37. The zero-order valence-electron chi connectivity index (χ0n) is 12.1. The Kier molecular flexibility index (Phi) is 6.08. The van der Waals surface area contributed by atoms with E-state index in [1.54, 1.807) is 0 Å². The minimum absolute atomic E-state index is 0. The van der Waals surface area contributed by atoms with Gasteiger partial charge in [-0.2, -0.15) is 0 Å². The molecule has 0 aliphatic carbocycles. The summed E-state index contributed by atoms with van der Waals surface area (Å²) in [5, 5.41) is 2.26. The van der Waals surface area contributed by atoms with Crippen LogP contribution in [0, 0.1) is 6.92 Å². The molecule has 0 nitrogen and oxygen atoms in total. The van der Waals surface area contributed by atoms with E-state index in [0.717, 1.165) is 0 Å². The first-order valence-corrected chi connectivity index (χ1v) is 7.33. The van der Waals surface area contributed by atoms with Gasteiger partial charge in [0.25, 0.3) is 0 Å². The Morgan fingerprint density at radius 2 is 1.35 bits per heavy atom. The van der Waals surface area contributed by atoms with E-state index >= 15 is 0 Å². The average molecular weight is 343 g/mol. The minimum Gasteiger partial charge on any atom is -0.0643 e. The predicted molar refractivity (Wildman–Crippen MR) is 77.2 cm³/mol. The molecule has 0 bridgehead atoms. The molecule has 0 N–H and O–H groups in total. The standard InChI is InChI=1S/C15H25P.Pd/c1-12-9-8-10-13(11-12)16(14(2,3)4)15(5,6)7;/h8-11H,1-7H3;. The van der Waals surface area contributed by atoms with Crippen molar-refractivity contribution < 1.29 is 20.4 Å². The number of hydrogen-bond donors (Lipinski definition) is 0. The van der Waals surface area contributed by atoms with Gasteiger partial charge in [-0.25, -0.2) is 0 Å². The molecule has 0 saturated carbocycles. The summed E-state index contributed by atoms with van der Waals surface area (Å²) in [5.74, 6) is 0. The van der Waals surface area contributed by atoms with Crippen molar-refractivity contribution >= 4 is 13.2 Å². The van der Waals surface area contributed by atoms with Crippen molar-refractivity contribution in [2.75, 3.05) is 0 Å². The van der Waals surface area contributed by atoms with Gasteiger partial charge in [-0.3, -0.25) is 0 Å². The first kappa shape index (κ1) is 17.3. The van der Waals surface area contributed by atoms with Crippen molar-refractivity contribution in [1.29, 1.82) is 0 Å². The summed E-state index contributed by atoms with van der Waals surface area (Å²) in [6, 6.07) is 9.04. The van der Waals surface area contributed by atoms with Crippen LogP contribution in [0.15, 0.2) is 24.3 Å². The SMILES string of the molecule is Cc1cccc(P(C(C)(C)C)C(C)(C)C)c1.[Pd]. The van der Waals surface area contributed by atoms with Crippen molar-refractivity contribution in [2.24, 2.45) is 0 Å². The van der Waals surface area contributed by atoms with Crippen LogP contribution in [0.1, 0.15) is 47.1 Å². The van der Waals surface area contributed by atoms with E-state index in [0.29, 0.717) is 10.3 Å². The van der Waals surface area contributed by atoms with Gasteiger partial charge in [0.1, 0.15) is 0 Å². The van der Waals surface area contributed by atoms with E-state index < -0.39 is 0 Å². The number of aryl methyl sites for hydroxylation is 1. The molecule has 0 atom stereocenters. The van der Waals surface area contributed by atoms with Crippen LogP contribution in [0.5, 0.6) is 0 Å². The van der Waals surface area contributed by atoms with E-state index in [9.17, 15) is 0 Å². The predicted octanol–water partition coefficient (Wildman–Crippen LogP) is 4.70. The molecule has 1 aromatic rings. The van der Waals surface area contributed by atoms with Crippen LogP contribution in [0.4, 0.5) is 0 Å². The van der Waals surface area contributed by atoms with E-state index in [-0.39, 0.29) is 28.3 Å². The molecule has 100 valence electrons. The molecule has 0 aliphatic heterocycles. The fraction of sp³-hybridized carbons (Fsp3) is 0.600. The molecule has 17 heavy (non-hydrogen) atoms. The first-order chi connectivity index (χ1) is 7.12. The Balaban J connectivity index is 0.00000256. The van der Waals surface area contributed by atoms with Gasteiger partial charge in [0.15, 0.2) is 0 Å². The Bertz CT molecular complexity index is 344. The quantitative estimate of drug-likeness (QED) is 0.513. The minimum atomic E-state index is -0.154. The number of rotatable bonds is 1. The molecule has 0 unspecified atom stereocenters. The second-order valence-corrected chi connectivity index (χ2v) is 10.4. The first-order valence-electron chi connectivity index (χ1n) is 5.99. The number of hydrogen-bond acceptors (Lipinski definition) is 0. The van der Waals surface area contributed by atoms with Crippen LogP contribution in [0.3, 0.4) is 0 Å². The maximum atomic E-state index is 2.37. The van der Waals surface area contributed by atoms with E-state index in [1.165, 1.54) is 10.9 Å². The molecule has 0 amide bonds. The second kappa shape index (κ2) is 5.97. The van der Waals surface area contributed by atoms with Crippen molar-refractivity contribution in [3.63, 3.8) is 0 Å². The summed E-state index contributed by atoms with van der Waals surface area (Å²) in [7, 11) is -0.154. The van der Waals surface area contributed by atoms with Crippen LogP contribution in [0.25, 0.3) is 0 Å². The monoisotopic (exact) mass is 342 g/mol. The second-order valence-electron chi connectivity index (χ2n) is 6.52. The molecule has 0 aromatic heterocycles. The van der Waals surface area contributed by atoms with Gasteiger partial charge in [-0.1, -0.05) is 79.3 Å². The van der Waals surface area contributed by atoms with Crippen LogP contribution in [-0.2, 0) is 20.4 Å². The Hall–Kier alpha value is 0.312. The molecule has 0 aliphatic rings. The average Bonchev–Trinajstić information content (AvgIpc) is 1.97. The summed E-state index contributed by atoms with van der Waals surface area (Å²) in [6.07, 6.45) is 0. The Labute approximate surface area is 122 Å². The van der Waals surface area contributed by atoms with E-state index in [2.05, 4.69) is 72.7 Å². The molecule has 1 aromatic carbocycles. The van der Waals surface area contributed by atoms with Gasteiger partial charge >= 0.3 is 0 Å². The third kappa shape index (κ3) is 4.83. The molecule has 0 radical (unpaired) electrons. The molecule has 0 heterocycles. The Morgan fingerprint density at radius 1 is 0.882 bits per heavy atom. The molecule has 0 saturated heterocycles. The van der Waals surface area contributed by atoms with Crippen LogP contribution in [0.2, 0.25) is 0 Å². The molecule has 2 heteroatoms. The largest absolute Gasteiger partial charge is 0.0643 e. The summed E-state index contributed by atoms with van der Waals surface area (Å²) in [4.78, 5) is 0. The van der Waals surface area contributed by atoms with E-state index in [4.69, 9.17) is 0 Å². The maximum Gasteiger partial charge on any atom is 0 e. The summed E-state index contributed by atoms with van der Waals surface area (Å²) >= 11 is 0. The van der Waals surface area contributed by atoms with Gasteiger partial charge in [0.2, 0.25) is 0 Å². The topological polar surface area (TPSA) is 0 Å². The zero-order valence-corrected chi connectivity index (χ0v) is 14.5. The van der Waals surface area contributed by atoms with Gasteiger partial charge < -0.3 is 0 Å². The molecule has 0 spiro atoms. The molecular formula is C15H25PPd. The van der Waals surface area contributed by atoms with Crippen LogP contribution < -0.4 is 5.30 Å². The summed E-state index contributed by atoms with van der Waals surface area (Å²) in [6.45, 7) is 16.4. The van der Waals surface area contributed by atoms with Gasteiger partial charge in [0.05, 0.1) is 0 Å². The van der Waals surface area contributed by atoms with Gasteiger partial charge in [-0.05, 0) is 22.5 Å². The fourth-order valence-corrected chi connectivity index (χ4v) is 6.68. The fourth-order valence-electron chi connectivity index (χ4n) is 2.55. The third-order valence-electron chi connectivity index (χ3n) is 2.60. The zero-order chi connectivity index (χ0) is 12.6. The van der Waals surface area contributed by atoms with Crippen molar-refractivity contribution in [1.82, 2.24) is 0 Å². The summed E-state index contributed by atoms with van der Waals surface area (Å²) in [5.41, 5.74) is 1.37. The molecular weight excluding hydrogens is 318 g/mol.